The van der Waals surface area contributed by atoms with E-state index in [1.807, 2.05) is 134 Å². The van der Waals surface area contributed by atoms with Crippen LogP contribution in [0.1, 0.15) is 159 Å². The van der Waals surface area contributed by atoms with Gasteiger partial charge in [-0.15, -0.1) is 0 Å². The second-order valence-corrected chi connectivity index (χ2v) is 24.7. The van der Waals surface area contributed by atoms with Crippen molar-refractivity contribution in [2.45, 2.75) is 177 Å². The first-order chi connectivity index (χ1) is 40.3. The topological polar surface area (TPSA) is 268 Å². The Kier molecular flexibility index (Phi) is 70.1. The minimum atomic E-state index is -0.942. The molecular formula is C63H126N4O17S2. The van der Waals surface area contributed by atoms with Crippen LogP contribution in [-0.2, 0) is 71.4 Å². The Morgan fingerprint density at radius 1 is 0.395 bits per heavy atom. The van der Waals surface area contributed by atoms with Crippen LogP contribution in [0.3, 0.4) is 0 Å². The van der Waals surface area contributed by atoms with E-state index in [0.717, 1.165) is 29.4 Å². The fraction of sp³-hybridized carbons (Fsp3) is 0.873. The summed E-state index contributed by atoms with van der Waals surface area (Å²) in [7, 11) is 3.11. The summed E-state index contributed by atoms with van der Waals surface area (Å²) in [5.41, 5.74) is 0. The Bertz CT molecular complexity index is 1610. The van der Waals surface area contributed by atoms with Crippen molar-refractivity contribution in [3.8, 4) is 0 Å². The van der Waals surface area contributed by atoms with Crippen molar-refractivity contribution in [2.24, 2.45) is 53.3 Å². The summed E-state index contributed by atoms with van der Waals surface area (Å²) in [6, 6.07) is -0.430. The number of esters is 1. The maximum atomic E-state index is 12.3. The van der Waals surface area contributed by atoms with Crippen molar-refractivity contribution < 1.29 is 81.0 Å². The van der Waals surface area contributed by atoms with E-state index in [1.54, 1.807) is 28.1 Å². The number of ether oxygens (including phenoxy) is 9. The lowest BCUT2D eigenvalue weighted by atomic mass is 9.98. The molecule has 0 aromatic carbocycles. The van der Waals surface area contributed by atoms with Gasteiger partial charge in [-0.2, -0.15) is 23.5 Å². The first-order valence-corrected chi connectivity index (χ1v) is 33.3. The maximum Gasteiger partial charge on any atom is 0.407 e. The molecule has 0 aliphatic carbocycles. The van der Waals surface area contributed by atoms with Crippen LogP contribution in [0.15, 0.2) is 0 Å². The van der Waals surface area contributed by atoms with Gasteiger partial charge in [-0.3, -0.25) is 28.8 Å². The second kappa shape index (κ2) is 64.4. The number of nitrogens with one attached hydrogen (secondary N) is 4. The zero-order valence-electron chi connectivity index (χ0n) is 58.1. The molecule has 0 spiro atoms. The van der Waals surface area contributed by atoms with Gasteiger partial charge in [0.2, 0.25) is 11.8 Å². The third-order valence-corrected chi connectivity index (χ3v) is 13.6. The third-order valence-electron chi connectivity index (χ3n) is 11.3. The Labute approximate surface area is 530 Å². The number of rotatable bonds is 41. The summed E-state index contributed by atoms with van der Waals surface area (Å²) < 4.78 is 45.2. The molecule has 4 amide bonds. The molecule has 0 saturated carbocycles. The molecule has 0 saturated heterocycles. The molecule has 0 aliphatic rings. The van der Waals surface area contributed by atoms with Crippen molar-refractivity contribution in [1.29, 1.82) is 0 Å². The fourth-order valence-corrected chi connectivity index (χ4v) is 7.40. The molecule has 512 valence electrons. The summed E-state index contributed by atoms with van der Waals surface area (Å²) in [6.07, 6.45) is -0.435. The maximum absolute atomic E-state index is 12.3. The molecule has 0 heterocycles. The Morgan fingerprint density at radius 2 is 0.767 bits per heavy atom. The largest absolute Gasteiger partial charge is 0.465 e. The summed E-state index contributed by atoms with van der Waals surface area (Å²) in [4.78, 5) is 92.0. The minimum Gasteiger partial charge on any atom is -0.465 e. The molecule has 4 N–H and O–H groups in total. The van der Waals surface area contributed by atoms with Crippen LogP contribution in [-0.4, -0.2) is 195 Å². The van der Waals surface area contributed by atoms with Crippen LogP contribution in [0.4, 0.5) is 9.59 Å². The van der Waals surface area contributed by atoms with E-state index < -0.39 is 18.2 Å². The van der Waals surface area contributed by atoms with Crippen molar-refractivity contribution in [3.05, 3.63) is 0 Å². The zero-order valence-corrected chi connectivity index (χ0v) is 59.8. The van der Waals surface area contributed by atoms with E-state index in [1.165, 1.54) is 0 Å². The molecule has 0 rings (SSSR count). The average Bonchev–Trinajstić information content (AvgIpc) is 3.69. The lowest BCUT2D eigenvalue weighted by Gasteiger charge is -2.19. The molecule has 6 unspecified atom stereocenters. The van der Waals surface area contributed by atoms with Crippen LogP contribution < -0.4 is 21.3 Å². The molecule has 21 nitrogen and oxygen atoms in total. The van der Waals surface area contributed by atoms with Crippen LogP contribution in [0, 0.1) is 53.3 Å². The van der Waals surface area contributed by atoms with E-state index >= 15 is 0 Å². The molecule has 86 heavy (non-hydrogen) atoms. The van der Waals surface area contributed by atoms with E-state index in [4.69, 9.17) is 42.6 Å². The highest BCUT2D eigenvalue weighted by molar-refractivity contribution is 7.99. The number of ketones is 3. The first-order valence-electron chi connectivity index (χ1n) is 31.0. The van der Waals surface area contributed by atoms with Gasteiger partial charge in [0.1, 0.15) is 30.8 Å². The van der Waals surface area contributed by atoms with E-state index in [0.29, 0.717) is 76.9 Å². The molecule has 6 atom stereocenters. The number of Topliss-reactive ketones (excluding diaryl/α,β-unsaturated/α-hetero) is 3. The van der Waals surface area contributed by atoms with E-state index in [2.05, 4.69) is 49.0 Å². The third kappa shape index (κ3) is 64.9. The Hall–Kier alpha value is -3.58. The summed E-state index contributed by atoms with van der Waals surface area (Å²) in [5.74, 6) is 5.38. The number of carbonyl (C=O) groups excluding carboxylic acids is 8. The van der Waals surface area contributed by atoms with Crippen molar-refractivity contribution >= 4 is 70.8 Å². The van der Waals surface area contributed by atoms with Crippen molar-refractivity contribution in [3.63, 3.8) is 0 Å². The lowest BCUT2D eigenvalue weighted by molar-refractivity contribution is -0.148. The number of carbonyl (C=O) groups is 8. The standard InChI is InChI=1S/C18H34N2O9.2C9H19NOS.3C9H18O2/c1-14(2)16(21)15(20-18(23)29-12-10-27-8-6-25-4)13-19-17(22)28-11-9-26-7-5-24-3;2*1-5-12-6-8(4)9(11)10-7(2)3;2*1-5-11-6-8(4)9(10)7(2)3;1-5-8(4)6-11-9(10)7(2)3/h14-15H,5-13H2,1-4H3,(H,19,22)(H,20,23);2*7-8H,5-6H2,1-4H3,(H,10,11);3*7-8H,5-6H2,1-4H3. The summed E-state index contributed by atoms with van der Waals surface area (Å²) in [5, 5.41) is 10.7. The predicted molar refractivity (Wildman–Crippen MR) is 350 cm³/mol. The molecule has 0 aromatic rings. The SMILES string of the molecule is CCC(C)COC(=O)C(C)C.CCOCC(C)C(=O)C(C)C.CCOCC(C)C(=O)C(C)C.CCSCC(C)C(=O)NC(C)C.CCSCC(C)C(=O)NC(C)C.COCCOCCOC(=O)NCC(NC(=O)OCCOCCOC)C(=O)C(C)C. The van der Waals surface area contributed by atoms with Gasteiger partial charge in [0.05, 0.1) is 65.4 Å². The van der Waals surface area contributed by atoms with E-state index in [-0.39, 0.29) is 116 Å². The smallest absolute Gasteiger partial charge is 0.407 e. The van der Waals surface area contributed by atoms with Crippen LogP contribution in [0.2, 0.25) is 0 Å². The highest BCUT2D eigenvalue weighted by atomic mass is 32.2. The molecule has 23 heteroatoms. The van der Waals surface area contributed by atoms with Crippen LogP contribution in [0.5, 0.6) is 0 Å². The highest BCUT2D eigenvalue weighted by Crippen LogP contribution is 2.10. The van der Waals surface area contributed by atoms with Gasteiger partial charge in [0.15, 0.2) is 5.78 Å². The average molecular weight is 1280 g/mol. The van der Waals surface area contributed by atoms with Gasteiger partial charge in [-0.1, -0.05) is 117 Å². The van der Waals surface area contributed by atoms with E-state index in [9.17, 15) is 38.4 Å². The van der Waals surface area contributed by atoms with Crippen molar-refractivity contribution in [2.75, 3.05) is 130 Å². The number of thioether (sulfide) groups is 2. The fourth-order valence-electron chi connectivity index (χ4n) is 5.92. The van der Waals surface area contributed by atoms with Gasteiger partial charge < -0.3 is 63.9 Å². The molecular weight excluding hydrogens is 1150 g/mol. The van der Waals surface area contributed by atoms with Crippen LogP contribution in [0.25, 0.3) is 0 Å². The minimum absolute atomic E-state index is 0.000874. The normalized spacial score (nSPS) is 12.8. The number of methoxy groups -OCH3 is 2. The van der Waals surface area contributed by atoms with Crippen molar-refractivity contribution in [1.82, 2.24) is 21.3 Å². The van der Waals surface area contributed by atoms with Gasteiger partial charge >= 0.3 is 18.2 Å². The van der Waals surface area contributed by atoms with Crippen LogP contribution >= 0.6 is 23.5 Å². The van der Waals surface area contributed by atoms with Gasteiger partial charge in [0, 0.05) is 99.0 Å². The lowest BCUT2D eigenvalue weighted by Crippen LogP contribution is -2.50. The number of hydrogen-bond acceptors (Lipinski definition) is 19. The molecule has 0 radical (unpaired) electrons. The zero-order chi connectivity index (χ0) is 67.6. The highest BCUT2D eigenvalue weighted by Gasteiger charge is 2.25. The Morgan fingerprint density at radius 3 is 1.08 bits per heavy atom. The number of hydrogen-bond donors (Lipinski definition) is 4. The van der Waals surface area contributed by atoms with Gasteiger partial charge in [-0.05, 0) is 59.0 Å². The van der Waals surface area contributed by atoms with Gasteiger partial charge in [-0.25, -0.2) is 9.59 Å². The molecule has 0 fully saturated rings. The monoisotopic (exact) mass is 1270 g/mol. The predicted octanol–water partition coefficient (Wildman–Crippen LogP) is 10.2. The quantitative estimate of drug-likeness (QED) is 0.0252. The molecule has 0 bridgehead atoms. The second-order valence-electron chi connectivity index (χ2n) is 22.1. The first kappa shape index (κ1) is 93.6. The molecule has 0 aromatic heterocycles. The summed E-state index contributed by atoms with van der Waals surface area (Å²) in [6.45, 7) is 47.9. The van der Waals surface area contributed by atoms with Gasteiger partial charge in [0.25, 0.3) is 0 Å². The number of alkyl carbamates (subject to hydrolysis) is 2. The summed E-state index contributed by atoms with van der Waals surface area (Å²) >= 11 is 3.62. The number of amides is 4. The molecule has 0 aliphatic heterocycles. The Balaban J connectivity index is -0.000000238.